The van der Waals surface area contributed by atoms with E-state index in [1.54, 1.807) is 11.7 Å². The molecule has 3 heterocycles. The van der Waals surface area contributed by atoms with Crippen LogP contribution in [0.4, 0.5) is 0 Å². The second kappa shape index (κ2) is 8.65. The maximum Gasteiger partial charge on any atom is 0.279 e. The van der Waals surface area contributed by atoms with Gasteiger partial charge in [-0.3, -0.25) is 9.59 Å². The minimum atomic E-state index is -0.228. The second-order valence-electron chi connectivity index (χ2n) is 8.88. The smallest absolute Gasteiger partial charge is 0.279 e. The van der Waals surface area contributed by atoms with Gasteiger partial charge in [0, 0.05) is 20.1 Å². The first kappa shape index (κ1) is 21.1. The van der Waals surface area contributed by atoms with Gasteiger partial charge in [-0.05, 0) is 49.8 Å². The van der Waals surface area contributed by atoms with Gasteiger partial charge < -0.3 is 9.47 Å². The number of aryl methyl sites for hydroxylation is 2. The van der Waals surface area contributed by atoms with E-state index in [0.717, 1.165) is 30.5 Å². The Hall–Kier alpha value is -3.74. The van der Waals surface area contributed by atoms with Crippen LogP contribution < -0.4 is 5.56 Å². The Morgan fingerprint density at radius 1 is 1.03 bits per heavy atom. The number of amides is 1. The first-order valence-electron chi connectivity index (χ1n) is 11.4. The molecule has 4 aromatic rings. The molecule has 0 radical (unpaired) electrons. The van der Waals surface area contributed by atoms with Crippen LogP contribution in [0, 0.1) is 12.8 Å². The van der Waals surface area contributed by atoms with Crippen molar-refractivity contribution < 1.29 is 4.79 Å². The summed E-state index contributed by atoms with van der Waals surface area (Å²) in [5, 5.41) is 4.60. The number of benzene rings is 2. The molecule has 0 N–H and O–H groups in total. The molecule has 2 aromatic heterocycles. The van der Waals surface area contributed by atoms with E-state index >= 15 is 0 Å². The molecule has 2 aromatic carbocycles. The van der Waals surface area contributed by atoms with Crippen LogP contribution in [0.25, 0.3) is 16.7 Å². The topological polar surface area (TPSA) is 73.0 Å². The highest BCUT2D eigenvalue weighted by Crippen LogP contribution is 2.25. The molecule has 1 saturated heterocycles. The van der Waals surface area contributed by atoms with Crippen molar-refractivity contribution in [2.45, 2.75) is 26.2 Å². The molecular weight excluding hydrogens is 414 g/mol. The lowest BCUT2D eigenvalue weighted by atomic mass is 9.90. The molecule has 0 unspecified atom stereocenters. The Kier molecular flexibility index (Phi) is 5.54. The van der Waals surface area contributed by atoms with Crippen LogP contribution in [-0.4, -0.2) is 43.2 Å². The molecule has 1 aliphatic heterocycles. The molecule has 7 heteroatoms. The summed E-state index contributed by atoms with van der Waals surface area (Å²) in [6.07, 6.45) is 4.39. The van der Waals surface area contributed by atoms with Crippen molar-refractivity contribution in [3.8, 4) is 5.69 Å². The van der Waals surface area contributed by atoms with Gasteiger partial charge in [0.15, 0.2) is 11.2 Å². The number of fused-ring (bicyclic) bond motifs is 1. The summed E-state index contributed by atoms with van der Waals surface area (Å²) in [5.74, 6) is 0.397. The fourth-order valence-corrected chi connectivity index (χ4v) is 4.54. The van der Waals surface area contributed by atoms with E-state index in [1.165, 1.54) is 16.5 Å². The third-order valence-corrected chi connectivity index (χ3v) is 6.49. The third kappa shape index (κ3) is 4.06. The highest BCUT2D eigenvalue weighted by atomic mass is 16.2. The van der Waals surface area contributed by atoms with Gasteiger partial charge >= 0.3 is 0 Å². The van der Waals surface area contributed by atoms with Gasteiger partial charge in [0.05, 0.1) is 12.0 Å². The van der Waals surface area contributed by atoms with Crippen molar-refractivity contribution in [1.29, 1.82) is 0 Å². The van der Waals surface area contributed by atoms with E-state index in [1.807, 2.05) is 42.2 Å². The van der Waals surface area contributed by atoms with E-state index in [-0.39, 0.29) is 17.2 Å². The number of likely N-dealkylation sites (tertiary alicyclic amines) is 1. The SMILES string of the molecule is Cc1ccc(-n2nc(C(=O)N3CCC(Cc4ccccc4)CC3)c3ncn(C)c(=O)c32)cc1. The molecule has 1 aliphatic rings. The predicted molar refractivity (Wildman–Crippen MR) is 128 cm³/mol. The summed E-state index contributed by atoms with van der Waals surface area (Å²) in [4.78, 5) is 32.7. The van der Waals surface area contributed by atoms with E-state index in [0.29, 0.717) is 30.0 Å². The van der Waals surface area contributed by atoms with Gasteiger partial charge in [0.25, 0.3) is 11.5 Å². The molecule has 5 rings (SSSR count). The van der Waals surface area contributed by atoms with E-state index in [2.05, 4.69) is 34.3 Å². The van der Waals surface area contributed by atoms with Gasteiger partial charge in [-0.1, -0.05) is 48.0 Å². The third-order valence-electron chi connectivity index (χ3n) is 6.49. The normalized spacial score (nSPS) is 14.7. The Labute approximate surface area is 192 Å². The maximum atomic E-state index is 13.5. The summed E-state index contributed by atoms with van der Waals surface area (Å²) in [7, 11) is 1.65. The average molecular weight is 442 g/mol. The fraction of sp³-hybridized carbons (Fsp3) is 0.308. The van der Waals surface area contributed by atoms with Gasteiger partial charge in [-0.15, -0.1) is 0 Å². The zero-order valence-electron chi connectivity index (χ0n) is 18.9. The Morgan fingerprint density at radius 3 is 2.42 bits per heavy atom. The number of hydrogen-bond donors (Lipinski definition) is 0. The van der Waals surface area contributed by atoms with Crippen molar-refractivity contribution in [2.75, 3.05) is 13.1 Å². The molecule has 0 spiro atoms. The number of carbonyl (C=O) groups excluding carboxylic acids is 1. The summed E-state index contributed by atoms with van der Waals surface area (Å²) < 4.78 is 2.97. The summed E-state index contributed by atoms with van der Waals surface area (Å²) >= 11 is 0. The van der Waals surface area contributed by atoms with Crippen molar-refractivity contribution in [3.05, 3.63) is 88.1 Å². The number of rotatable bonds is 4. The van der Waals surface area contributed by atoms with Gasteiger partial charge in [-0.25, -0.2) is 9.67 Å². The number of carbonyl (C=O) groups is 1. The van der Waals surface area contributed by atoms with Crippen LogP contribution in [0.1, 0.15) is 34.5 Å². The lowest BCUT2D eigenvalue weighted by Gasteiger charge is -2.31. The molecule has 1 amide bonds. The molecule has 33 heavy (non-hydrogen) atoms. The van der Waals surface area contributed by atoms with E-state index < -0.39 is 0 Å². The predicted octanol–water partition coefficient (Wildman–Crippen LogP) is 3.52. The molecule has 0 atom stereocenters. The van der Waals surface area contributed by atoms with E-state index in [4.69, 9.17) is 0 Å². The highest BCUT2D eigenvalue weighted by Gasteiger charge is 2.29. The van der Waals surface area contributed by atoms with Crippen LogP contribution in [0.3, 0.4) is 0 Å². The lowest BCUT2D eigenvalue weighted by molar-refractivity contribution is 0.0686. The first-order chi connectivity index (χ1) is 16.0. The van der Waals surface area contributed by atoms with Crippen LogP contribution >= 0.6 is 0 Å². The quantitative estimate of drug-likeness (QED) is 0.486. The number of nitrogens with zero attached hydrogens (tertiary/aromatic N) is 5. The van der Waals surface area contributed by atoms with Gasteiger partial charge in [0.1, 0.15) is 5.52 Å². The van der Waals surface area contributed by atoms with Crippen LogP contribution in [0.2, 0.25) is 0 Å². The largest absolute Gasteiger partial charge is 0.337 e. The maximum absolute atomic E-state index is 13.5. The first-order valence-corrected chi connectivity index (χ1v) is 11.4. The highest BCUT2D eigenvalue weighted by molar-refractivity contribution is 6.03. The van der Waals surface area contributed by atoms with Gasteiger partial charge in [0.2, 0.25) is 0 Å². The molecule has 0 saturated carbocycles. The zero-order chi connectivity index (χ0) is 22.9. The van der Waals surface area contributed by atoms with Crippen LogP contribution in [0.5, 0.6) is 0 Å². The second-order valence-corrected chi connectivity index (χ2v) is 8.88. The minimum Gasteiger partial charge on any atom is -0.337 e. The molecule has 7 nitrogen and oxygen atoms in total. The average Bonchev–Trinajstić information content (AvgIpc) is 3.23. The molecule has 1 fully saturated rings. The summed E-state index contributed by atoms with van der Waals surface area (Å²) in [6.45, 7) is 3.36. The Morgan fingerprint density at radius 2 is 1.73 bits per heavy atom. The number of aromatic nitrogens is 4. The Bertz CT molecular complexity index is 1350. The van der Waals surface area contributed by atoms with E-state index in [9.17, 15) is 9.59 Å². The van der Waals surface area contributed by atoms with Crippen LogP contribution in [-0.2, 0) is 13.5 Å². The number of piperidine rings is 1. The van der Waals surface area contributed by atoms with Crippen molar-refractivity contribution in [3.63, 3.8) is 0 Å². The van der Waals surface area contributed by atoms with Crippen LogP contribution in [0.15, 0.2) is 65.7 Å². The summed E-state index contributed by atoms with van der Waals surface area (Å²) in [6, 6.07) is 18.2. The standard InChI is InChI=1S/C26H27N5O2/c1-18-8-10-21(11-9-18)31-24-22(27-17-29(2)26(24)33)23(28-31)25(32)30-14-12-20(13-15-30)16-19-6-4-3-5-7-19/h3-11,17,20H,12-16H2,1-2H3. The fourth-order valence-electron chi connectivity index (χ4n) is 4.54. The molecule has 168 valence electrons. The van der Waals surface area contributed by atoms with Crippen molar-refractivity contribution >= 4 is 16.9 Å². The number of hydrogen-bond acceptors (Lipinski definition) is 4. The minimum absolute atomic E-state index is 0.162. The molecule has 0 aliphatic carbocycles. The summed E-state index contributed by atoms with van der Waals surface area (Å²) in [5.41, 5.74) is 3.87. The monoisotopic (exact) mass is 441 g/mol. The Balaban J connectivity index is 1.43. The van der Waals surface area contributed by atoms with Crippen molar-refractivity contribution in [2.24, 2.45) is 13.0 Å². The molecular formula is C26H27N5O2. The zero-order valence-corrected chi connectivity index (χ0v) is 18.9. The lowest BCUT2D eigenvalue weighted by Crippen LogP contribution is -2.39. The van der Waals surface area contributed by atoms with Crippen molar-refractivity contribution in [1.82, 2.24) is 24.2 Å². The van der Waals surface area contributed by atoms with Gasteiger partial charge in [-0.2, -0.15) is 5.10 Å². The molecule has 0 bridgehead atoms.